The zero-order valence-electron chi connectivity index (χ0n) is 14.8. The number of benzene rings is 2. The summed E-state index contributed by atoms with van der Waals surface area (Å²) in [6, 6.07) is 9.89. The van der Waals surface area contributed by atoms with Gasteiger partial charge in [0.15, 0.2) is 0 Å². The molecule has 0 unspecified atom stereocenters. The van der Waals surface area contributed by atoms with Gasteiger partial charge in [-0.15, -0.1) is 0 Å². The maximum atomic E-state index is 12.3. The Balaban J connectivity index is 1.37. The zero-order chi connectivity index (χ0) is 18.8. The summed E-state index contributed by atoms with van der Waals surface area (Å²) >= 11 is 0. The number of ether oxygens (including phenoxy) is 2. The van der Waals surface area contributed by atoms with E-state index in [1.807, 2.05) is 24.3 Å². The first kappa shape index (κ1) is 17.4. The van der Waals surface area contributed by atoms with Gasteiger partial charge in [-0.25, -0.2) is 4.79 Å². The number of hydrogen-bond acceptors (Lipinski definition) is 7. The Bertz CT molecular complexity index is 897. The van der Waals surface area contributed by atoms with Gasteiger partial charge in [-0.3, -0.25) is 4.79 Å². The molecule has 2 aliphatic heterocycles. The highest BCUT2D eigenvalue weighted by molar-refractivity contribution is 5.85. The molecule has 27 heavy (non-hydrogen) atoms. The number of nitrogens with two attached hydrogens (primary N) is 1. The van der Waals surface area contributed by atoms with Crippen molar-refractivity contribution in [2.45, 2.75) is 25.3 Å². The number of rotatable bonds is 5. The minimum absolute atomic E-state index is 0.247. The van der Waals surface area contributed by atoms with Gasteiger partial charge in [-0.2, -0.15) is 0 Å². The molecule has 0 aromatic heterocycles. The molecule has 4 N–H and O–H groups in total. The number of anilines is 2. The van der Waals surface area contributed by atoms with Crippen molar-refractivity contribution >= 4 is 23.3 Å². The van der Waals surface area contributed by atoms with E-state index < -0.39 is 18.0 Å². The summed E-state index contributed by atoms with van der Waals surface area (Å²) in [5.74, 6) is -0.208. The third kappa shape index (κ3) is 3.59. The summed E-state index contributed by atoms with van der Waals surface area (Å²) in [5.41, 5.74) is 9.72. The Morgan fingerprint density at radius 3 is 2.07 bits per heavy atom. The zero-order valence-corrected chi connectivity index (χ0v) is 14.8. The monoisotopic (exact) mass is 367 g/mol. The van der Waals surface area contributed by atoms with Gasteiger partial charge in [0.05, 0.1) is 6.42 Å². The van der Waals surface area contributed by atoms with E-state index in [9.17, 15) is 9.59 Å². The quantitative estimate of drug-likeness (QED) is 0.547. The molecule has 2 aromatic carbocycles. The molecular weight excluding hydrogens is 346 g/mol. The van der Waals surface area contributed by atoms with E-state index >= 15 is 0 Å². The largest absolute Gasteiger partial charge is 0.426 e. The molecule has 0 spiro atoms. The van der Waals surface area contributed by atoms with Crippen molar-refractivity contribution in [3.05, 3.63) is 47.5 Å². The third-order valence-corrected chi connectivity index (χ3v) is 4.77. The maximum absolute atomic E-state index is 12.3. The fourth-order valence-electron chi connectivity index (χ4n) is 3.43. The van der Waals surface area contributed by atoms with E-state index in [-0.39, 0.29) is 6.42 Å². The van der Waals surface area contributed by atoms with Crippen molar-refractivity contribution in [1.82, 2.24) is 0 Å². The Morgan fingerprint density at radius 2 is 1.48 bits per heavy atom. The Hall–Kier alpha value is -3.06. The lowest BCUT2D eigenvalue weighted by Crippen LogP contribution is -2.37. The van der Waals surface area contributed by atoms with Crippen LogP contribution < -0.4 is 25.8 Å². The van der Waals surface area contributed by atoms with E-state index in [1.54, 1.807) is 12.1 Å². The van der Waals surface area contributed by atoms with Gasteiger partial charge in [-0.05, 0) is 37.1 Å². The van der Waals surface area contributed by atoms with Crippen LogP contribution in [0.4, 0.5) is 11.4 Å². The van der Waals surface area contributed by atoms with Gasteiger partial charge in [0.25, 0.3) is 0 Å². The first-order valence-electron chi connectivity index (χ1n) is 9.01. The molecule has 4 rings (SSSR count). The van der Waals surface area contributed by atoms with Crippen LogP contribution in [0, 0.1) is 0 Å². The van der Waals surface area contributed by atoms with Crippen LogP contribution in [-0.4, -0.2) is 31.1 Å². The third-order valence-electron chi connectivity index (χ3n) is 4.77. The minimum atomic E-state index is -1.09. The lowest BCUT2D eigenvalue weighted by molar-refractivity contribution is -0.142. The van der Waals surface area contributed by atoms with Crippen LogP contribution >= 0.6 is 0 Å². The van der Waals surface area contributed by atoms with Crippen LogP contribution in [0.5, 0.6) is 11.5 Å². The summed E-state index contributed by atoms with van der Waals surface area (Å²) in [7, 11) is 0. The molecule has 0 saturated heterocycles. The average molecular weight is 367 g/mol. The van der Waals surface area contributed by atoms with Gasteiger partial charge in [0, 0.05) is 35.6 Å². The summed E-state index contributed by atoms with van der Waals surface area (Å²) in [6.45, 7) is 1.62. The van der Waals surface area contributed by atoms with Crippen molar-refractivity contribution in [2.75, 3.05) is 23.7 Å². The Morgan fingerprint density at radius 1 is 0.926 bits per heavy atom. The lowest BCUT2D eigenvalue weighted by atomic mass is 10.1. The molecule has 0 saturated carbocycles. The van der Waals surface area contributed by atoms with Crippen molar-refractivity contribution in [3.8, 4) is 11.5 Å². The van der Waals surface area contributed by atoms with Crippen LogP contribution in [0.15, 0.2) is 36.4 Å². The van der Waals surface area contributed by atoms with Crippen molar-refractivity contribution in [2.24, 2.45) is 5.73 Å². The molecular formula is C20H21N3O4. The molecule has 2 aromatic rings. The molecule has 0 aliphatic carbocycles. The first-order chi connectivity index (χ1) is 13.1. The summed E-state index contributed by atoms with van der Waals surface area (Å²) < 4.78 is 10.8. The standard InChI is InChI=1S/C20H21N3O4/c21-14(20(25)27-18-6-2-4-16-13(18)8-10-23-16)11-19(24)26-17-5-1-3-15-12(17)7-9-22-15/h1-6,14,22-23H,7-11,21H2/t14-/m0/s1. The molecule has 0 fully saturated rings. The molecule has 1 atom stereocenters. The lowest BCUT2D eigenvalue weighted by Gasteiger charge is -2.14. The second-order valence-electron chi connectivity index (χ2n) is 6.62. The maximum Gasteiger partial charge on any atom is 0.328 e. The highest BCUT2D eigenvalue weighted by atomic mass is 16.5. The van der Waals surface area contributed by atoms with E-state index in [1.165, 1.54) is 0 Å². The van der Waals surface area contributed by atoms with Crippen molar-refractivity contribution in [1.29, 1.82) is 0 Å². The van der Waals surface area contributed by atoms with Crippen LogP contribution in [0.25, 0.3) is 0 Å². The van der Waals surface area contributed by atoms with E-state index in [4.69, 9.17) is 15.2 Å². The molecule has 2 heterocycles. The van der Waals surface area contributed by atoms with Gasteiger partial charge < -0.3 is 25.8 Å². The van der Waals surface area contributed by atoms with Gasteiger partial charge >= 0.3 is 11.9 Å². The van der Waals surface area contributed by atoms with Crippen LogP contribution in [-0.2, 0) is 22.4 Å². The van der Waals surface area contributed by atoms with Gasteiger partial charge in [0.2, 0.25) is 0 Å². The number of hydrogen-bond donors (Lipinski definition) is 3. The molecule has 0 bridgehead atoms. The molecule has 7 heteroatoms. The van der Waals surface area contributed by atoms with Crippen LogP contribution in [0.2, 0.25) is 0 Å². The van der Waals surface area contributed by atoms with Crippen molar-refractivity contribution < 1.29 is 19.1 Å². The van der Waals surface area contributed by atoms with Crippen LogP contribution in [0.3, 0.4) is 0 Å². The first-order valence-corrected chi connectivity index (χ1v) is 9.01. The summed E-state index contributed by atoms with van der Waals surface area (Å²) in [6.07, 6.45) is 1.33. The molecule has 0 amide bonds. The van der Waals surface area contributed by atoms with Gasteiger partial charge in [0.1, 0.15) is 17.5 Å². The summed E-state index contributed by atoms with van der Waals surface area (Å²) in [5, 5.41) is 6.45. The predicted molar refractivity (Wildman–Crippen MR) is 101 cm³/mol. The van der Waals surface area contributed by atoms with E-state index in [0.29, 0.717) is 11.5 Å². The number of carbonyl (C=O) groups excluding carboxylic acids is 2. The molecule has 7 nitrogen and oxygen atoms in total. The van der Waals surface area contributed by atoms with E-state index in [0.717, 1.165) is 48.4 Å². The fourth-order valence-corrected chi connectivity index (χ4v) is 3.43. The molecule has 2 aliphatic rings. The Kier molecular flexibility index (Phi) is 4.68. The second-order valence-corrected chi connectivity index (χ2v) is 6.62. The van der Waals surface area contributed by atoms with Crippen LogP contribution in [0.1, 0.15) is 17.5 Å². The predicted octanol–water partition coefficient (Wildman–Crippen LogP) is 1.85. The normalized spacial score (nSPS) is 15.1. The van der Waals surface area contributed by atoms with E-state index in [2.05, 4.69) is 10.6 Å². The van der Waals surface area contributed by atoms with Crippen molar-refractivity contribution in [3.63, 3.8) is 0 Å². The topological polar surface area (TPSA) is 103 Å². The number of fused-ring (bicyclic) bond motifs is 2. The smallest absolute Gasteiger partial charge is 0.328 e. The Labute approximate surface area is 156 Å². The summed E-state index contributed by atoms with van der Waals surface area (Å²) in [4.78, 5) is 24.5. The molecule has 0 radical (unpaired) electrons. The number of nitrogens with one attached hydrogen (secondary N) is 2. The number of carbonyl (C=O) groups is 2. The average Bonchev–Trinajstić information content (AvgIpc) is 3.31. The SMILES string of the molecule is N[C@@H](CC(=O)Oc1cccc2c1CCN2)C(=O)Oc1cccc2c1CCN2. The van der Waals surface area contributed by atoms with Gasteiger partial charge in [-0.1, -0.05) is 12.1 Å². The highest BCUT2D eigenvalue weighted by Crippen LogP contribution is 2.32. The fraction of sp³-hybridized carbons (Fsp3) is 0.300. The highest BCUT2D eigenvalue weighted by Gasteiger charge is 2.24. The minimum Gasteiger partial charge on any atom is -0.426 e. The number of esters is 2. The molecule has 140 valence electrons. The second kappa shape index (κ2) is 7.28.